The summed E-state index contributed by atoms with van der Waals surface area (Å²) in [5.74, 6) is 0.612. The van der Waals surface area contributed by atoms with E-state index in [0.717, 1.165) is 6.42 Å². The molecule has 18 heavy (non-hydrogen) atoms. The van der Waals surface area contributed by atoms with Crippen LogP contribution in [-0.2, 0) is 12.3 Å². The first-order valence-electron chi connectivity index (χ1n) is 6.11. The van der Waals surface area contributed by atoms with Gasteiger partial charge in [-0.25, -0.2) is 0 Å². The van der Waals surface area contributed by atoms with Gasteiger partial charge >= 0.3 is 0 Å². The quantitative estimate of drug-likeness (QED) is 0.831. The van der Waals surface area contributed by atoms with E-state index in [2.05, 4.69) is 12.1 Å². The Hall–Kier alpha value is -1.31. The van der Waals surface area contributed by atoms with Crippen molar-refractivity contribution in [3.05, 3.63) is 71.8 Å². The summed E-state index contributed by atoms with van der Waals surface area (Å²) in [6.45, 7) is 2.02. The molecule has 2 rings (SSSR count). The van der Waals surface area contributed by atoms with E-state index >= 15 is 0 Å². The average Bonchev–Trinajstić information content (AvgIpc) is 2.41. The van der Waals surface area contributed by atoms with Crippen LogP contribution in [0.1, 0.15) is 18.1 Å². The Labute approximate surface area is 115 Å². The second-order valence-corrected chi connectivity index (χ2v) is 4.55. The Balaban J connectivity index is 0.000000184. The average molecular weight is 262 g/mol. The second kappa shape index (κ2) is 8.73. The van der Waals surface area contributed by atoms with E-state index in [-0.39, 0.29) is 6.04 Å². The van der Waals surface area contributed by atoms with Gasteiger partial charge < -0.3 is 5.73 Å². The van der Waals surface area contributed by atoms with Crippen molar-refractivity contribution in [1.82, 2.24) is 0 Å². The molecule has 0 aliphatic rings. The van der Waals surface area contributed by atoms with Gasteiger partial charge in [0.25, 0.3) is 0 Å². The van der Waals surface area contributed by atoms with Crippen molar-refractivity contribution >= 4 is 11.6 Å². The third-order valence-electron chi connectivity index (χ3n) is 2.40. The highest BCUT2D eigenvalue weighted by atomic mass is 35.5. The maximum Gasteiger partial charge on any atom is 0.0474 e. The van der Waals surface area contributed by atoms with Gasteiger partial charge in [0.1, 0.15) is 0 Å². The van der Waals surface area contributed by atoms with Crippen molar-refractivity contribution in [2.24, 2.45) is 5.73 Å². The number of alkyl halides is 1. The summed E-state index contributed by atoms with van der Waals surface area (Å²) in [5, 5.41) is 0. The molecular weight excluding hydrogens is 242 g/mol. The van der Waals surface area contributed by atoms with Crippen LogP contribution >= 0.6 is 11.6 Å². The molecular formula is C16H20ClN. The number of hydrogen-bond donors (Lipinski definition) is 1. The fourth-order valence-electron chi connectivity index (χ4n) is 1.55. The van der Waals surface area contributed by atoms with Crippen LogP contribution in [0, 0.1) is 0 Å². The van der Waals surface area contributed by atoms with Gasteiger partial charge in [-0.15, -0.1) is 11.6 Å². The molecule has 2 heteroatoms. The van der Waals surface area contributed by atoms with Crippen molar-refractivity contribution in [3.8, 4) is 0 Å². The first kappa shape index (κ1) is 14.7. The second-order valence-electron chi connectivity index (χ2n) is 4.29. The van der Waals surface area contributed by atoms with E-state index in [1.807, 2.05) is 55.5 Å². The molecule has 0 aliphatic carbocycles. The molecule has 0 heterocycles. The lowest BCUT2D eigenvalue weighted by molar-refractivity contribution is 0.738. The third kappa shape index (κ3) is 6.43. The predicted octanol–water partition coefficient (Wildman–Crippen LogP) is 4.00. The Morgan fingerprint density at radius 1 is 0.889 bits per heavy atom. The molecule has 0 amide bonds. The molecule has 2 aromatic carbocycles. The third-order valence-corrected chi connectivity index (χ3v) is 2.71. The summed E-state index contributed by atoms with van der Waals surface area (Å²) in [6, 6.07) is 20.5. The fraction of sp³-hybridized carbons (Fsp3) is 0.250. The largest absolute Gasteiger partial charge is 0.328 e. The van der Waals surface area contributed by atoms with E-state index in [1.54, 1.807) is 0 Å². The molecule has 2 aromatic rings. The predicted molar refractivity (Wildman–Crippen MR) is 79.8 cm³/mol. The van der Waals surface area contributed by atoms with Crippen LogP contribution < -0.4 is 5.73 Å². The minimum atomic E-state index is 0.266. The smallest absolute Gasteiger partial charge is 0.0474 e. The normalized spacial score (nSPS) is 11.3. The van der Waals surface area contributed by atoms with Gasteiger partial charge in [-0.3, -0.25) is 0 Å². The fourth-order valence-corrected chi connectivity index (χ4v) is 1.73. The molecule has 0 saturated carbocycles. The highest BCUT2D eigenvalue weighted by Gasteiger charge is 1.94. The van der Waals surface area contributed by atoms with Crippen molar-refractivity contribution < 1.29 is 0 Å². The summed E-state index contributed by atoms with van der Waals surface area (Å²) >= 11 is 5.53. The topological polar surface area (TPSA) is 26.0 Å². The van der Waals surface area contributed by atoms with Gasteiger partial charge in [-0.1, -0.05) is 60.7 Å². The molecule has 96 valence electrons. The number of halogens is 1. The van der Waals surface area contributed by atoms with Crippen molar-refractivity contribution in [3.63, 3.8) is 0 Å². The number of hydrogen-bond acceptors (Lipinski definition) is 1. The lowest BCUT2D eigenvalue weighted by Crippen LogP contribution is -2.17. The number of nitrogens with two attached hydrogens (primary N) is 1. The Morgan fingerprint density at radius 3 is 1.67 bits per heavy atom. The van der Waals surface area contributed by atoms with Gasteiger partial charge in [0.15, 0.2) is 0 Å². The van der Waals surface area contributed by atoms with Crippen LogP contribution in [-0.4, -0.2) is 6.04 Å². The first-order valence-corrected chi connectivity index (χ1v) is 6.65. The van der Waals surface area contributed by atoms with E-state index in [4.69, 9.17) is 17.3 Å². The molecule has 0 aromatic heterocycles. The lowest BCUT2D eigenvalue weighted by Gasteiger charge is -2.02. The molecule has 0 aliphatic heterocycles. The number of rotatable bonds is 3. The zero-order valence-corrected chi connectivity index (χ0v) is 11.5. The van der Waals surface area contributed by atoms with Crippen LogP contribution in [0.2, 0.25) is 0 Å². The summed E-state index contributed by atoms with van der Waals surface area (Å²) < 4.78 is 0. The minimum Gasteiger partial charge on any atom is -0.328 e. The molecule has 1 atom stereocenters. The Kier molecular flexibility index (Phi) is 7.16. The SMILES string of the molecule is CC(N)Cc1ccccc1.ClCc1ccccc1. The van der Waals surface area contributed by atoms with Crippen molar-refractivity contribution in [2.45, 2.75) is 25.3 Å². The van der Waals surface area contributed by atoms with Gasteiger partial charge in [0.05, 0.1) is 0 Å². The minimum absolute atomic E-state index is 0.266. The zero-order valence-electron chi connectivity index (χ0n) is 10.7. The summed E-state index contributed by atoms with van der Waals surface area (Å²) in [6.07, 6.45) is 0.973. The van der Waals surface area contributed by atoms with E-state index in [1.165, 1.54) is 11.1 Å². The van der Waals surface area contributed by atoms with Gasteiger partial charge in [0, 0.05) is 11.9 Å². The van der Waals surface area contributed by atoms with Crippen LogP contribution in [0.3, 0.4) is 0 Å². The van der Waals surface area contributed by atoms with Gasteiger partial charge in [-0.2, -0.15) is 0 Å². The lowest BCUT2D eigenvalue weighted by atomic mass is 10.1. The summed E-state index contributed by atoms with van der Waals surface area (Å²) in [7, 11) is 0. The Morgan fingerprint density at radius 2 is 1.33 bits per heavy atom. The van der Waals surface area contributed by atoms with E-state index < -0.39 is 0 Å². The van der Waals surface area contributed by atoms with E-state index in [9.17, 15) is 0 Å². The highest BCUT2D eigenvalue weighted by Crippen LogP contribution is 2.01. The Bertz CT molecular complexity index is 412. The zero-order chi connectivity index (χ0) is 13.2. The van der Waals surface area contributed by atoms with Crippen LogP contribution in [0.25, 0.3) is 0 Å². The highest BCUT2D eigenvalue weighted by molar-refractivity contribution is 6.17. The molecule has 0 bridgehead atoms. The molecule has 2 N–H and O–H groups in total. The van der Waals surface area contributed by atoms with Gasteiger partial charge in [-0.05, 0) is 24.5 Å². The molecule has 0 radical (unpaired) electrons. The van der Waals surface area contributed by atoms with Crippen molar-refractivity contribution in [2.75, 3.05) is 0 Å². The molecule has 0 spiro atoms. The van der Waals surface area contributed by atoms with Crippen molar-refractivity contribution in [1.29, 1.82) is 0 Å². The van der Waals surface area contributed by atoms with Crippen LogP contribution in [0.4, 0.5) is 0 Å². The molecule has 0 fully saturated rings. The molecule has 1 unspecified atom stereocenters. The molecule has 0 saturated heterocycles. The first-order chi connectivity index (χ1) is 8.72. The standard InChI is InChI=1S/C9H13N.C7H7Cl/c1-8(10)7-9-5-3-2-4-6-9;8-6-7-4-2-1-3-5-7/h2-6,8H,7,10H2,1H3;1-5H,6H2. The monoisotopic (exact) mass is 261 g/mol. The summed E-state index contributed by atoms with van der Waals surface area (Å²) in [4.78, 5) is 0. The van der Waals surface area contributed by atoms with Crippen LogP contribution in [0.5, 0.6) is 0 Å². The van der Waals surface area contributed by atoms with E-state index in [0.29, 0.717) is 5.88 Å². The van der Waals surface area contributed by atoms with Gasteiger partial charge in [0.2, 0.25) is 0 Å². The molecule has 1 nitrogen and oxygen atoms in total. The maximum absolute atomic E-state index is 5.62. The summed E-state index contributed by atoms with van der Waals surface area (Å²) in [5.41, 5.74) is 8.12. The van der Waals surface area contributed by atoms with Crippen LogP contribution in [0.15, 0.2) is 60.7 Å². The maximum atomic E-state index is 5.62. The number of benzene rings is 2.